The summed E-state index contributed by atoms with van der Waals surface area (Å²) in [6.45, 7) is 0.602. The van der Waals surface area contributed by atoms with E-state index < -0.39 is 11.9 Å². The molecular weight excluding hydrogens is 314 g/mol. The zero-order valence-electron chi connectivity index (χ0n) is 12.9. The summed E-state index contributed by atoms with van der Waals surface area (Å²) in [7, 11) is 0. The van der Waals surface area contributed by atoms with Gasteiger partial charge < -0.3 is 20.1 Å². The largest absolute Gasteiger partial charge is 0.489 e. The number of ether oxygens (including phenoxy) is 1. The molecule has 3 N–H and O–H groups in total. The van der Waals surface area contributed by atoms with Crippen LogP contribution in [0.5, 0.6) is 5.75 Å². The van der Waals surface area contributed by atoms with Crippen LogP contribution in [0.1, 0.15) is 28.8 Å². The standard InChI is InChI=1S/C16H17N3O5/c20-6-9-7-24-13-4-10-8(3-11(13)17-9)5-19(16(10)23)12-1-2-14(21)18-15(12)22/h3-4,9,12,17,20H,1-2,5-7H2,(H,18,21,22)/t9-,12+/m1/s1. The van der Waals surface area contributed by atoms with Gasteiger partial charge in [-0.2, -0.15) is 0 Å². The highest BCUT2D eigenvalue weighted by atomic mass is 16.5. The first-order chi connectivity index (χ1) is 11.6. The van der Waals surface area contributed by atoms with E-state index in [1.165, 1.54) is 4.90 Å². The quantitative estimate of drug-likeness (QED) is 0.637. The van der Waals surface area contributed by atoms with Crippen molar-refractivity contribution in [1.82, 2.24) is 10.2 Å². The molecule has 24 heavy (non-hydrogen) atoms. The van der Waals surface area contributed by atoms with E-state index >= 15 is 0 Å². The highest BCUT2D eigenvalue weighted by Crippen LogP contribution is 2.37. The van der Waals surface area contributed by atoms with Crippen molar-refractivity contribution in [3.05, 3.63) is 23.3 Å². The number of nitrogens with one attached hydrogen (secondary N) is 2. The predicted molar refractivity (Wildman–Crippen MR) is 82.5 cm³/mol. The Morgan fingerprint density at radius 1 is 1.29 bits per heavy atom. The topological polar surface area (TPSA) is 108 Å². The van der Waals surface area contributed by atoms with Crippen molar-refractivity contribution >= 4 is 23.4 Å². The molecule has 0 radical (unpaired) electrons. The van der Waals surface area contributed by atoms with Gasteiger partial charge in [0.25, 0.3) is 5.91 Å². The molecule has 8 nitrogen and oxygen atoms in total. The molecule has 0 aliphatic carbocycles. The summed E-state index contributed by atoms with van der Waals surface area (Å²) in [4.78, 5) is 37.5. The maximum absolute atomic E-state index is 12.7. The lowest BCUT2D eigenvalue weighted by Crippen LogP contribution is -2.52. The van der Waals surface area contributed by atoms with Crippen molar-refractivity contribution in [2.45, 2.75) is 31.5 Å². The normalized spacial score (nSPS) is 25.5. The van der Waals surface area contributed by atoms with Crippen LogP contribution < -0.4 is 15.4 Å². The summed E-state index contributed by atoms with van der Waals surface area (Å²) in [5, 5.41) is 14.7. The maximum atomic E-state index is 12.7. The molecule has 1 fully saturated rings. The second-order valence-corrected chi connectivity index (χ2v) is 6.24. The lowest BCUT2D eigenvalue weighted by Gasteiger charge is -2.29. The second-order valence-electron chi connectivity index (χ2n) is 6.24. The number of imide groups is 1. The van der Waals surface area contributed by atoms with Gasteiger partial charge in [-0.05, 0) is 24.1 Å². The van der Waals surface area contributed by atoms with Crippen LogP contribution in [0.3, 0.4) is 0 Å². The number of aliphatic hydroxyl groups excluding tert-OH is 1. The van der Waals surface area contributed by atoms with Gasteiger partial charge in [-0.1, -0.05) is 0 Å². The van der Waals surface area contributed by atoms with E-state index in [-0.39, 0.29) is 30.9 Å². The number of hydrogen-bond acceptors (Lipinski definition) is 6. The fraction of sp³-hybridized carbons (Fsp3) is 0.438. The van der Waals surface area contributed by atoms with E-state index in [1.54, 1.807) is 6.07 Å². The fourth-order valence-corrected chi connectivity index (χ4v) is 3.38. The van der Waals surface area contributed by atoms with Gasteiger partial charge in [0.1, 0.15) is 18.4 Å². The van der Waals surface area contributed by atoms with E-state index in [4.69, 9.17) is 4.74 Å². The minimum absolute atomic E-state index is 0.0438. The van der Waals surface area contributed by atoms with Gasteiger partial charge in [-0.3, -0.25) is 19.7 Å². The lowest BCUT2D eigenvalue weighted by atomic mass is 10.0. The molecule has 8 heteroatoms. The number of aliphatic hydroxyl groups is 1. The van der Waals surface area contributed by atoms with Crippen LogP contribution in [-0.2, 0) is 16.1 Å². The molecule has 0 saturated carbocycles. The zero-order chi connectivity index (χ0) is 16.8. The molecule has 126 valence electrons. The first-order valence-electron chi connectivity index (χ1n) is 7.88. The van der Waals surface area contributed by atoms with Gasteiger partial charge >= 0.3 is 0 Å². The van der Waals surface area contributed by atoms with Crippen LogP contribution in [0, 0.1) is 0 Å². The smallest absolute Gasteiger partial charge is 0.255 e. The fourth-order valence-electron chi connectivity index (χ4n) is 3.38. The number of rotatable bonds is 2. The van der Waals surface area contributed by atoms with E-state index in [9.17, 15) is 19.5 Å². The summed E-state index contributed by atoms with van der Waals surface area (Å²) in [5.41, 5.74) is 2.05. The van der Waals surface area contributed by atoms with Crippen molar-refractivity contribution in [2.75, 3.05) is 18.5 Å². The average molecular weight is 331 g/mol. The van der Waals surface area contributed by atoms with Crippen molar-refractivity contribution in [1.29, 1.82) is 0 Å². The average Bonchev–Trinajstić information content (AvgIpc) is 2.88. The molecule has 3 aliphatic heterocycles. The molecule has 3 heterocycles. The second kappa shape index (κ2) is 5.48. The Labute approximate surface area is 137 Å². The number of carbonyl (C=O) groups excluding carboxylic acids is 3. The summed E-state index contributed by atoms with van der Waals surface area (Å²) >= 11 is 0. The molecular formula is C16H17N3O5. The number of hydrogen-bond donors (Lipinski definition) is 3. The van der Waals surface area contributed by atoms with E-state index in [2.05, 4.69) is 10.6 Å². The van der Waals surface area contributed by atoms with Crippen molar-refractivity contribution in [3.8, 4) is 5.75 Å². The maximum Gasteiger partial charge on any atom is 0.255 e. The van der Waals surface area contributed by atoms with Gasteiger partial charge in [-0.15, -0.1) is 0 Å². The minimum atomic E-state index is -0.626. The number of benzene rings is 1. The molecule has 1 saturated heterocycles. The van der Waals surface area contributed by atoms with E-state index in [1.807, 2.05) is 6.07 Å². The van der Waals surface area contributed by atoms with Crippen LogP contribution in [0.4, 0.5) is 5.69 Å². The Bertz CT molecular complexity index is 747. The van der Waals surface area contributed by atoms with E-state index in [0.29, 0.717) is 30.9 Å². The molecule has 3 amide bonds. The Kier molecular flexibility index (Phi) is 3.42. The van der Waals surface area contributed by atoms with Gasteiger partial charge in [-0.25, -0.2) is 0 Å². The van der Waals surface area contributed by atoms with Crippen LogP contribution in [-0.4, -0.2) is 53.0 Å². The third kappa shape index (κ3) is 2.30. The molecule has 0 bridgehead atoms. The Hall–Kier alpha value is -2.61. The van der Waals surface area contributed by atoms with E-state index in [0.717, 1.165) is 11.3 Å². The Balaban J connectivity index is 1.61. The molecule has 0 aromatic heterocycles. The summed E-state index contributed by atoms with van der Waals surface area (Å²) < 4.78 is 5.60. The molecule has 4 rings (SSSR count). The number of carbonyl (C=O) groups is 3. The molecule has 0 unspecified atom stereocenters. The predicted octanol–water partition coefficient (Wildman–Crippen LogP) is -0.387. The number of amides is 3. The molecule has 1 aromatic carbocycles. The van der Waals surface area contributed by atoms with Gasteiger partial charge in [0, 0.05) is 18.5 Å². The van der Waals surface area contributed by atoms with Crippen LogP contribution in [0.15, 0.2) is 12.1 Å². The summed E-state index contributed by atoms with van der Waals surface area (Å²) in [6.07, 6.45) is 0.571. The number of anilines is 1. The van der Waals surface area contributed by atoms with Gasteiger partial charge in [0.05, 0.1) is 18.3 Å². The number of piperidine rings is 1. The van der Waals surface area contributed by atoms with Crippen molar-refractivity contribution < 1.29 is 24.2 Å². The molecule has 0 spiro atoms. The first-order valence-corrected chi connectivity index (χ1v) is 7.88. The van der Waals surface area contributed by atoms with Crippen molar-refractivity contribution in [3.63, 3.8) is 0 Å². The monoisotopic (exact) mass is 331 g/mol. The molecule has 1 aromatic rings. The molecule has 2 atom stereocenters. The summed E-state index contributed by atoms with van der Waals surface area (Å²) in [6, 6.07) is 2.70. The number of nitrogens with zero attached hydrogens (tertiary/aromatic N) is 1. The zero-order valence-corrected chi connectivity index (χ0v) is 12.9. The third-order valence-electron chi connectivity index (χ3n) is 4.64. The van der Waals surface area contributed by atoms with Crippen LogP contribution in [0.25, 0.3) is 0 Å². The Morgan fingerprint density at radius 2 is 2.12 bits per heavy atom. The SMILES string of the molecule is O=C1CC[C@H](N2Cc3cc4c(cc3C2=O)OC[C@@H](CO)N4)C(=O)N1. The van der Waals surface area contributed by atoms with Gasteiger partial charge in [0.2, 0.25) is 11.8 Å². The highest BCUT2D eigenvalue weighted by Gasteiger charge is 2.40. The Morgan fingerprint density at radius 3 is 2.88 bits per heavy atom. The van der Waals surface area contributed by atoms with Crippen molar-refractivity contribution in [2.24, 2.45) is 0 Å². The van der Waals surface area contributed by atoms with Crippen LogP contribution in [0.2, 0.25) is 0 Å². The minimum Gasteiger partial charge on any atom is -0.489 e. The summed E-state index contributed by atoms with van der Waals surface area (Å²) in [5.74, 6) is -0.387. The molecule has 3 aliphatic rings. The van der Waals surface area contributed by atoms with Gasteiger partial charge in [0.15, 0.2) is 0 Å². The first kappa shape index (κ1) is 14.9. The highest BCUT2D eigenvalue weighted by molar-refractivity contribution is 6.05. The number of fused-ring (bicyclic) bond motifs is 2. The lowest BCUT2D eigenvalue weighted by molar-refractivity contribution is -0.136. The third-order valence-corrected chi connectivity index (χ3v) is 4.64. The van der Waals surface area contributed by atoms with Crippen LogP contribution >= 0.6 is 0 Å².